The van der Waals surface area contributed by atoms with Gasteiger partial charge in [0.05, 0.1) is 5.39 Å². The molecule has 5 nitrogen and oxygen atoms in total. The highest BCUT2D eigenvalue weighted by molar-refractivity contribution is 7.17. The first-order chi connectivity index (χ1) is 13.0. The van der Waals surface area contributed by atoms with E-state index in [-0.39, 0.29) is 5.56 Å². The van der Waals surface area contributed by atoms with Crippen molar-refractivity contribution < 1.29 is 9.90 Å². The Morgan fingerprint density at radius 2 is 2.04 bits per heavy atom. The minimum absolute atomic E-state index is 0.263. The summed E-state index contributed by atoms with van der Waals surface area (Å²) in [4.78, 5) is 30.1. The number of carbonyl (C=O) groups is 1. The Morgan fingerprint density at radius 1 is 1.30 bits per heavy atom. The lowest BCUT2D eigenvalue weighted by Gasteiger charge is -2.17. The maximum Gasteiger partial charge on any atom is 0.326 e. The number of hydrogen-bond donors (Lipinski definition) is 1. The van der Waals surface area contributed by atoms with Gasteiger partial charge in [0.25, 0.3) is 5.56 Å². The Bertz CT molecular complexity index is 1100. The van der Waals surface area contributed by atoms with E-state index in [2.05, 4.69) is 23.2 Å². The van der Waals surface area contributed by atoms with Crippen LogP contribution in [0, 0.1) is 0 Å². The standard InChI is InChI=1S/C21H22N2O3S/c1-3-17-22-19-18(20(24)23(17)12(2)21(25)26)16(11-27-19)15-9-8-13-6-4-5-7-14(13)10-15/h8-12H,3-7H2,1-2H3,(H,25,26). The molecule has 2 aromatic heterocycles. The molecule has 1 aliphatic rings. The van der Waals surface area contributed by atoms with Crippen LogP contribution in [0.2, 0.25) is 0 Å². The van der Waals surface area contributed by atoms with Gasteiger partial charge in [0.2, 0.25) is 0 Å². The van der Waals surface area contributed by atoms with Crippen molar-refractivity contribution in [2.45, 2.75) is 52.0 Å². The van der Waals surface area contributed by atoms with Gasteiger partial charge in [-0.25, -0.2) is 9.78 Å². The van der Waals surface area contributed by atoms with E-state index in [0.717, 1.165) is 24.0 Å². The topological polar surface area (TPSA) is 72.2 Å². The van der Waals surface area contributed by atoms with Crippen molar-refractivity contribution >= 4 is 27.5 Å². The van der Waals surface area contributed by atoms with Crippen LogP contribution in [0.3, 0.4) is 0 Å². The van der Waals surface area contributed by atoms with Crippen LogP contribution < -0.4 is 5.56 Å². The first-order valence-electron chi connectivity index (χ1n) is 9.38. The number of thiophene rings is 1. The zero-order valence-corrected chi connectivity index (χ0v) is 16.3. The monoisotopic (exact) mass is 382 g/mol. The molecule has 27 heavy (non-hydrogen) atoms. The van der Waals surface area contributed by atoms with E-state index < -0.39 is 12.0 Å². The molecule has 0 aliphatic heterocycles. The van der Waals surface area contributed by atoms with Crippen LogP contribution in [-0.4, -0.2) is 20.6 Å². The third kappa shape index (κ3) is 2.98. The van der Waals surface area contributed by atoms with Gasteiger partial charge in [0, 0.05) is 17.4 Å². The lowest BCUT2D eigenvalue weighted by molar-refractivity contribution is -0.140. The van der Waals surface area contributed by atoms with Crippen molar-refractivity contribution in [2.24, 2.45) is 0 Å². The number of fused-ring (bicyclic) bond motifs is 2. The van der Waals surface area contributed by atoms with Crippen LogP contribution >= 0.6 is 11.3 Å². The largest absolute Gasteiger partial charge is 0.480 e. The minimum Gasteiger partial charge on any atom is -0.480 e. The minimum atomic E-state index is -1.03. The van der Waals surface area contributed by atoms with Crippen molar-refractivity contribution in [3.05, 3.63) is 50.9 Å². The van der Waals surface area contributed by atoms with Crippen molar-refractivity contribution in [3.8, 4) is 11.1 Å². The van der Waals surface area contributed by atoms with Crippen LogP contribution in [0.15, 0.2) is 28.4 Å². The summed E-state index contributed by atoms with van der Waals surface area (Å²) in [6.45, 7) is 3.41. The van der Waals surface area contributed by atoms with Crippen LogP contribution in [0.1, 0.15) is 49.7 Å². The van der Waals surface area contributed by atoms with E-state index in [1.807, 2.05) is 12.3 Å². The number of aliphatic carboxylic acids is 1. The Labute approximate surface area is 161 Å². The number of nitrogens with zero attached hydrogens (tertiary/aromatic N) is 2. The summed E-state index contributed by atoms with van der Waals surface area (Å²) in [6, 6.07) is 5.48. The maximum absolute atomic E-state index is 13.3. The zero-order chi connectivity index (χ0) is 19.1. The predicted molar refractivity (Wildman–Crippen MR) is 108 cm³/mol. The lowest BCUT2D eigenvalue weighted by atomic mass is 9.89. The van der Waals surface area contributed by atoms with Crippen LogP contribution in [0.25, 0.3) is 21.3 Å². The Kier molecular flexibility index (Phi) is 4.60. The summed E-state index contributed by atoms with van der Waals surface area (Å²) in [5, 5.41) is 11.9. The first kappa shape index (κ1) is 17.9. The molecule has 0 bridgehead atoms. The van der Waals surface area contributed by atoms with Gasteiger partial charge >= 0.3 is 5.97 Å². The molecule has 0 saturated heterocycles. The molecule has 2 heterocycles. The van der Waals surface area contributed by atoms with E-state index in [9.17, 15) is 14.7 Å². The molecule has 0 amide bonds. The van der Waals surface area contributed by atoms with Crippen LogP contribution in [-0.2, 0) is 24.1 Å². The summed E-state index contributed by atoms with van der Waals surface area (Å²) >= 11 is 1.45. The van der Waals surface area contributed by atoms with Gasteiger partial charge in [-0.05, 0) is 49.3 Å². The average Bonchev–Trinajstić information content (AvgIpc) is 3.11. The molecule has 4 rings (SSSR count). The number of rotatable bonds is 4. The number of carboxylic acid groups (broad SMARTS) is 1. The Balaban J connectivity index is 1.94. The van der Waals surface area contributed by atoms with Crippen LogP contribution in [0.4, 0.5) is 0 Å². The van der Waals surface area contributed by atoms with E-state index in [4.69, 9.17) is 0 Å². The van der Waals surface area contributed by atoms with Crippen molar-refractivity contribution in [1.29, 1.82) is 0 Å². The molecule has 1 aromatic carbocycles. The molecule has 1 aliphatic carbocycles. The molecule has 6 heteroatoms. The zero-order valence-electron chi connectivity index (χ0n) is 15.5. The normalized spacial score (nSPS) is 14.9. The number of aromatic nitrogens is 2. The number of carboxylic acids is 1. The SMILES string of the molecule is CCc1nc2scc(-c3ccc4c(c3)CCCC4)c2c(=O)n1C(C)C(=O)O. The van der Waals surface area contributed by atoms with E-state index in [1.165, 1.54) is 46.8 Å². The molecule has 1 unspecified atom stereocenters. The van der Waals surface area contributed by atoms with Gasteiger partial charge in [-0.3, -0.25) is 9.36 Å². The maximum atomic E-state index is 13.3. The Hall–Kier alpha value is -2.47. The quantitative estimate of drug-likeness (QED) is 0.734. The summed E-state index contributed by atoms with van der Waals surface area (Å²) in [6.07, 6.45) is 5.13. The summed E-state index contributed by atoms with van der Waals surface area (Å²) in [7, 11) is 0. The van der Waals surface area contributed by atoms with Crippen LogP contribution in [0.5, 0.6) is 0 Å². The summed E-state index contributed by atoms with van der Waals surface area (Å²) in [5.41, 5.74) is 4.36. The van der Waals surface area contributed by atoms with Gasteiger partial charge < -0.3 is 5.11 Å². The van der Waals surface area contributed by atoms with Crippen molar-refractivity contribution in [2.75, 3.05) is 0 Å². The van der Waals surface area contributed by atoms with Gasteiger partial charge in [0.15, 0.2) is 0 Å². The fourth-order valence-corrected chi connectivity index (χ4v) is 4.87. The highest BCUT2D eigenvalue weighted by atomic mass is 32.1. The van der Waals surface area contributed by atoms with Crippen molar-refractivity contribution in [3.63, 3.8) is 0 Å². The molecule has 0 radical (unpaired) electrons. The second-order valence-electron chi connectivity index (χ2n) is 7.09. The van der Waals surface area contributed by atoms with E-state index in [1.54, 1.807) is 0 Å². The molecule has 140 valence electrons. The van der Waals surface area contributed by atoms with Crippen molar-refractivity contribution in [1.82, 2.24) is 9.55 Å². The third-order valence-corrected chi connectivity index (χ3v) is 6.31. The second kappa shape index (κ2) is 6.93. The lowest BCUT2D eigenvalue weighted by Crippen LogP contribution is -2.31. The highest BCUT2D eigenvalue weighted by Crippen LogP contribution is 2.34. The second-order valence-corrected chi connectivity index (χ2v) is 7.95. The predicted octanol–water partition coefficient (Wildman–Crippen LogP) is 4.21. The van der Waals surface area contributed by atoms with E-state index in [0.29, 0.717) is 22.5 Å². The molecule has 0 saturated carbocycles. The Morgan fingerprint density at radius 3 is 2.74 bits per heavy atom. The highest BCUT2D eigenvalue weighted by Gasteiger charge is 2.23. The fraction of sp³-hybridized carbons (Fsp3) is 0.381. The molecule has 1 atom stereocenters. The molecule has 0 fully saturated rings. The number of benzene rings is 1. The third-order valence-electron chi connectivity index (χ3n) is 5.43. The molecular formula is C21H22N2O3S. The fourth-order valence-electron chi connectivity index (χ4n) is 3.92. The van der Waals surface area contributed by atoms with E-state index >= 15 is 0 Å². The molecular weight excluding hydrogens is 360 g/mol. The summed E-state index contributed by atoms with van der Waals surface area (Å²) in [5.74, 6) is -0.514. The van der Waals surface area contributed by atoms with Gasteiger partial charge in [-0.1, -0.05) is 25.1 Å². The smallest absolute Gasteiger partial charge is 0.326 e. The van der Waals surface area contributed by atoms with Gasteiger partial charge in [-0.2, -0.15) is 0 Å². The van der Waals surface area contributed by atoms with Gasteiger partial charge in [-0.15, -0.1) is 11.3 Å². The first-order valence-corrected chi connectivity index (χ1v) is 10.3. The summed E-state index contributed by atoms with van der Waals surface area (Å²) < 4.78 is 1.33. The average molecular weight is 382 g/mol. The molecule has 1 N–H and O–H groups in total. The number of hydrogen-bond acceptors (Lipinski definition) is 4. The molecule has 0 spiro atoms. The number of aryl methyl sites for hydroxylation is 3. The van der Waals surface area contributed by atoms with Gasteiger partial charge in [0.1, 0.15) is 16.7 Å². The molecule has 3 aromatic rings.